The molecule has 0 aliphatic heterocycles. The zero-order valence-corrected chi connectivity index (χ0v) is 10.1. The zero-order chi connectivity index (χ0) is 12.0. The molecule has 3 nitrogen and oxygen atoms in total. The van der Waals surface area contributed by atoms with Gasteiger partial charge in [0.05, 0.1) is 6.07 Å². The maximum atomic E-state index is 13.3. The van der Waals surface area contributed by atoms with Crippen molar-refractivity contribution < 1.29 is 9.18 Å². The highest BCUT2D eigenvalue weighted by atomic mass is 79.9. The van der Waals surface area contributed by atoms with Gasteiger partial charge in [-0.1, -0.05) is 15.9 Å². The SMILES string of the molecule is N#CCC(=O)NCCc1cc(Br)ccc1F. The van der Waals surface area contributed by atoms with Crippen LogP contribution in [0.5, 0.6) is 0 Å². The fraction of sp³-hybridized carbons (Fsp3) is 0.273. The molecule has 1 aromatic carbocycles. The van der Waals surface area contributed by atoms with Gasteiger partial charge in [0, 0.05) is 11.0 Å². The van der Waals surface area contributed by atoms with Gasteiger partial charge in [-0.25, -0.2) is 4.39 Å². The molecular formula is C11H10BrFN2O. The lowest BCUT2D eigenvalue weighted by atomic mass is 10.1. The molecule has 0 bridgehead atoms. The Bertz CT molecular complexity index is 428. The van der Waals surface area contributed by atoms with E-state index in [0.29, 0.717) is 18.5 Å². The van der Waals surface area contributed by atoms with Gasteiger partial charge in [0.25, 0.3) is 0 Å². The Balaban J connectivity index is 2.46. The van der Waals surface area contributed by atoms with Gasteiger partial charge in [-0.2, -0.15) is 5.26 Å². The largest absolute Gasteiger partial charge is 0.355 e. The monoisotopic (exact) mass is 284 g/mol. The number of rotatable bonds is 4. The molecular weight excluding hydrogens is 275 g/mol. The standard InChI is InChI=1S/C11H10BrFN2O/c12-9-1-2-10(13)8(7-9)4-6-15-11(16)3-5-14/h1-2,7H,3-4,6H2,(H,15,16). The van der Waals surface area contributed by atoms with E-state index in [1.807, 2.05) is 0 Å². The Morgan fingerprint density at radius 1 is 1.56 bits per heavy atom. The summed E-state index contributed by atoms with van der Waals surface area (Å²) in [5.74, 6) is -0.629. The first-order valence-electron chi connectivity index (χ1n) is 4.71. The molecule has 0 atom stereocenters. The van der Waals surface area contributed by atoms with Crippen LogP contribution in [0.15, 0.2) is 22.7 Å². The molecule has 1 rings (SSSR count). The van der Waals surface area contributed by atoms with Crippen molar-refractivity contribution >= 4 is 21.8 Å². The molecule has 0 heterocycles. The number of benzene rings is 1. The van der Waals surface area contributed by atoms with Crippen LogP contribution in [0, 0.1) is 17.1 Å². The molecule has 0 aliphatic rings. The molecule has 1 aromatic rings. The Hall–Kier alpha value is -1.41. The predicted octanol–water partition coefficient (Wildman–Crippen LogP) is 2.16. The summed E-state index contributed by atoms with van der Waals surface area (Å²) >= 11 is 3.24. The summed E-state index contributed by atoms with van der Waals surface area (Å²) in [6.45, 7) is 0.327. The van der Waals surface area contributed by atoms with Crippen molar-refractivity contribution in [3.8, 4) is 6.07 Å². The first-order chi connectivity index (χ1) is 7.63. The van der Waals surface area contributed by atoms with Gasteiger partial charge in [-0.05, 0) is 30.2 Å². The maximum Gasteiger partial charge on any atom is 0.234 e. The summed E-state index contributed by atoms with van der Waals surface area (Å²) in [5, 5.41) is 10.8. The summed E-state index contributed by atoms with van der Waals surface area (Å²) in [6, 6.07) is 6.41. The van der Waals surface area contributed by atoms with Gasteiger partial charge in [0.2, 0.25) is 5.91 Å². The van der Waals surface area contributed by atoms with Crippen LogP contribution in [-0.2, 0) is 11.2 Å². The van der Waals surface area contributed by atoms with Crippen LogP contribution in [0.4, 0.5) is 4.39 Å². The first kappa shape index (κ1) is 12.7. The van der Waals surface area contributed by atoms with E-state index in [2.05, 4.69) is 21.2 Å². The Morgan fingerprint density at radius 3 is 3.00 bits per heavy atom. The smallest absolute Gasteiger partial charge is 0.234 e. The number of amides is 1. The minimum absolute atomic E-state index is 0.166. The second-order valence-electron chi connectivity index (χ2n) is 3.17. The molecule has 5 heteroatoms. The lowest BCUT2D eigenvalue weighted by molar-refractivity contribution is -0.120. The summed E-state index contributed by atoms with van der Waals surface area (Å²) in [5.41, 5.74) is 0.534. The van der Waals surface area contributed by atoms with Crippen molar-refractivity contribution in [2.24, 2.45) is 0 Å². The van der Waals surface area contributed by atoms with Gasteiger partial charge in [-0.3, -0.25) is 4.79 Å². The van der Waals surface area contributed by atoms with E-state index in [1.165, 1.54) is 6.07 Å². The Kier molecular flexibility index (Phi) is 4.93. The lowest BCUT2D eigenvalue weighted by Crippen LogP contribution is -2.25. The number of hydrogen-bond donors (Lipinski definition) is 1. The molecule has 0 radical (unpaired) electrons. The number of nitrogens with zero attached hydrogens (tertiary/aromatic N) is 1. The third kappa shape index (κ3) is 3.99. The van der Waals surface area contributed by atoms with Gasteiger partial charge < -0.3 is 5.32 Å². The third-order valence-electron chi connectivity index (χ3n) is 1.96. The molecule has 0 aliphatic carbocycles. The molecule has 0 saturated heterocycles. The maximum absolute atomic E-state index is 13.3. The van der Waals surface area contributed by atoms with E-state index in [0.717, 1.165) is 4.47 Å². The molecule has 0 spiro atoms. The highest BCUT2D eigenvalue weighted by molar-refractivity contribution is 9.10. The molecule has 0 aromatic heterocycles. The second kappa shape index (κ2) is 6.23. The van der Waals surface area contributed by atoms with Gasteiger partial charge in [0.1, 0.15) is 12.2 Å². The molecule has 84 valence electrons. The first-order valence-corrected chi connectivity index (χ1v) is 5.50. The number of nitrogens with one attached hydrogen (secondary N) is 1. The van der Waals surface area contributed by atoms with E-state index in [9.17, 15) is 9.18 Å². The van der Waals surface area contributed by atoms with Gasteiger partial charge in [-0.15, -0.1) is 0 Å². The highest BCUT2D eigenvalue weighted by Crippen LogP contribution is 2.15. The minimum atomic E-state index is -0.335. The molecule has 0 fully saturated rings. The lowest BCUT2D eigenvalue weighted by Gasteiger charge is -2.05. The molecule has 0 unspecified atom stereocenters. The molecule has 1 N–H and O–H groups in total. The van der Waals surface area contributed by atoms with E-state index in [4.69, 9.17) is 5.26 Å². The quantitative estimate of drug-likeness (QED) is 0.921. The van der Waals surface area contributed by atoms with Crippen LogP contribution < -0.4 is 5.32 Å². The Labute approximate surface area is 101 Å². The average molecular weight is 285 g/mol. The zero-order valence-electron chi connectivity index (χ0n) is 8.46. The van der Waals surface area contributed by atoms with E-state index in [1.54, 1.807) is 18.2 Å². The van der Waals surface area contributed by atoms with E-state index >= 15 is 0 Å². The third-order valence-corrected chi connectivity index (χ3v) is 2.46. The van der Waals surface area contributed by atoms with Crippen molar-refractivity contribution in [1.29, 1.82) is 5.26 Å². The van der Waals surface area contributed by atoms with Crippen LogP contribution >= 0.6 is 15.9 Å². The fourth-order valence-corrected chi connectivity index (χ4v) is 1.61. The number of carbonyl (C=O) groups excluding carboxylic acids is 1. The average Bonchev–Trinajstić information content (AvgIpc) is 2.23. The molecule has 16 heavy (non-hydrogen) atoms. The van der Waals surface area contributed by atoms with E-state index < -0.39 is 0 Å². The minimum Gasteiger partial charge on any atom is -0.355 e. The molecule has 1 amide bonds. The number of nitriles is 1. The number of halogens is 2. The highest BCUT2D eigenvalue weighted by Gasteiger charge is 2.04. The van der Waals surface area contributed by atoms with Gasteiger partial charge >= 0.3 is 0 Å². The van der Waals surface area contributed by atoms with Crippen molar-refractivity contribution in [2.75, 3.05) is 6.54 Å². The second-order valence-corrected chi connectivity index (χ2v) is 4.09. The van der Waals surface area contributed by atoms with Gasteiger partial charge in [0.15, 0.2) is 0 Å². The van der Waals surface area contributed by atoms with Crippen molar-refractivity contribution in [3.63, 3.8) is 0 Å². The number of carbonyl (C=O) groups is 1. The summed E-state index contributed by atoms with van der Waals surface area (Å²) < 4.78 is 14.1. The van der Waals surface area contributed by atoms with Crippen LogP contribution in [0.2, 0.25) is 0 Å². The predicted molar refractivity (Wildman–Crippen MR) is 61.0 cm³/mol. The topological polar surface area (TPSA) is 52.9 Å². The van der Waals surface area contributed by atoms with Crippen LogP contribution in [-0.4, -0.2) is 12.5 Å². The molecule has 0 saturated carbocycles. The van der Waals surface area contributed by atoms with Crippen molar-refractivity contribution in [2.45, 2.75) is 12.8 Å². The normalized spacial score (nSPS) is 9.56. The summed E-state index contributed by atoms with van der Waals surface area (Å²) in [6.07, 6.45) is 0.239. The summed E-state index contributed by atoms with van der Waals surface area (Å²) in [7, 11) is 0. The van der Waals surface area contributed by atoms with Crippen LogP contribution in [0.1, 0.15) is 12.0 Å². The van der Waals surface area contributed by atoms with Crippen LogP contribution in [0.25, 0.3) is 0 Å². The fourth-order valence-electron chi connectivity index (χ4n) is 1.21. The number of hydrogen-bond acceptors (Lipinski definition) is 2. The van der Waals surface area contributed by atoms with E-state index in [-0.39, 0.29) is 18.1 Å². The van der Waals surface area contributed by atoms with Crippen LogP contribution in [0.3, 0.4) is 0 Å². The Morgan fingerprint density at radius 2 is 2.31 bits per heavy atom. The van der Waals surface area contributed by atoms with Crippen molar-refractivity contribution in [1.82, 2.24) is 5.32 Å². The van der Waals surface area contributed by atoms with Crippen molar-refractivity contribution in [3.05, 3.63) is 34.1 Å². The summed E-state index contributed by atoms with van der Waals surface area (Å²) in [4.78, 5) is 10.9.